The van der Waals surface area contributed by atoms with Crippen LogP contribution < -0.4 is 48.7 Å². The van der Waals surface area contributed by atoms with Gasteiger partial charge in [-0.1, -0.05) is 36.6 Å². The highest BCUT2D eigenvalue weighted by molar-refractivity contribution is 7.93. The van der Waals surface area contributed by atoms with E-state index in [0.29, 0.717) is 30.1 Å². The first-order chi connectivity index (χ1) is 38.5. The number of anilines is 3. The van der Waals surface area contributed by atoms with Gasteiger partial charge < -0.3 is 28.8 Å². The lowest BCUT2D eigenvalue weighted by molar-refractivity contribution is -0.120. The van der Waals surface area contributed by atoms with Crippen molar-refractivity contribution in [2.24, 2.45) is 0 Å². The highest BCUT2D eigenvalue weighted by Crippen LogP contribution is 2.40. The summed E-state index contributed by atoms with van der Waals surface area (Å²) in [4.78, 5) is 77.6. The molecular weight excluding hydrogens is 1190 g/mol. The number of hydrogen-bond donors (Lipinski definition) is 5. The molecule has 1 aliphatic carbocycles. The Kier molecular flexibility index (Phi) is 21.4. The standard InChI is InChI=1S/C18H15ClFNO3.C14H10F4N4O7S.C14H17N5O7S2/c1-3-10(2)24-16-9-15(14(20)8-13(16)19)21-17(22)11-6-4-5-7-12(11)18(21)23;15-11(16)28-8-5-9(29-12(17)18)20-13(19-8)21-14(25)22-30(26,27)7-4-2-1-3-6(7)10(23)24;1-4-27(21,22)9-6-5-7-15-12(9)28(23,24)19-14(20)18-13-16-10(25-2)8-11(17-13)26-3/h1,8-10H,4-7H2,2H3;1-5,11-12H,(H,23,24)(H2,19,20,21,22,25);5-8H,4H2,1-3H3,(H2,16,17,18,19,20). The maximum absolute atomic E-state index is 14.4. The number of methoxy groups -OCH3 is 2. The number of aromatic nitrogens is 5. The van der Waals surface area contributed by atoms with Gasteiger partial charge in [-0.05, 0) is 62.9 Å². The normalized spacial score (nSPS) is 13.5. The Labute approximate surface area is 466 Å². The number of carbonyl (C=O) groups excluding carboxylic acids is 4. The van der Waals surface area contributed by atoms with Crippen LogP contribution in [-0.4, -0.2) is 124 Å². The first-order valence-corrected chi connectivity index (χ1v) is 27.7. The van der Waals surface area contributed by atoms with Gasteiger partial charge in [-0.25, -0.2) is 54.9 Å². The van der Waals surface area contributed by atoms with E-state index in [4.69, 9.17) is 37.3 Å². The van der Waals surface area contributed by atoms with Gasteiger partial charge in [-0.2, -0.15) is 45.9 Å². The fourth-order valence-electron chi connectivity index (χ4n) is 6.84. The minimum absolute atomic E-state index is 0.0233. The van der Waals surface area contributed by atoms with Gasteiger partial charge in [0.15, 0.2) is 21.0 Å². The van der Waals surface area contributed by atoms with E-state index in [-0.39, 0.29) is 39.9 Å². The highest BCUT2D eigenvalue weighted by Gasteiger charge is 2.41. The number of ether oxygens (including phenoxy) is 5. The molecule has 1 aliphatic heterocycles. The number of hydrogen-bond acceptors (Lipinski definition) is 21. The number of benzene rings is 2. The second-order valence-electron chi connectivity index (χ2n) is 15.8. The van der Waals surface area contributed by atoms with Crippen molar-refractivity contribution in [3.05, 3.63) is 94.4 Å². The number of carboxylic acids is 1. The van der Waals surface area contributed by atoms with Gasteiger partial charge in [0, 0.05) is 23.4 Å². The number of sulfone groups is 1. The Morgan fingerprint density at radius 2 is 1.23 bits per heavy atom. The van der Waals surface area contributed by atoms with Crippen molar-refractivity contribution in [2.45, 2.75) is 73.7 Å². The molecule has 0 fully saturated rings. The SMILES string of the molecule is C#CC(C)Oc1cc(N2C(=O)C3=C(CCCC3)C2=O)c(F)cc1Cl.CCS(=O)(=O)c1cccnc1S(=O)(=O)NC(=O)Nc1nc(OC)cc(OC)n1.O=C(Nc1nc(OC(F)F)cc(OC(F)F)n1)NS(=O)(=O)c1ccccc1C(=O)O. The first kappa shape index (κ1) is 63.8. The maximum Gasteiger partial charge on any atom is 0.388 e. The minimum Gasteiger partial charge on any atom is -0.481 e. The summed E-state index contributed by atoms with van der Waals surface area (Å²) in [6.45, 7) is -3.83. The van der Waals surface area contributed by atoms with Gasteiger partial charge in [-0.15, -0.1) is 6.42 Å². The van der Waals surface area contributed by atoms with E-state index >= 15 is 0 Å². The van der Waals surface area contributed by atoms with Crippen molar-refractivity contribution in [3.8, 4) is 41.6 Å². The summed E-state index contributed by atoms with van der Waals surface area (Å²) >= 11 is 5.97. The third-order valence-electron chi connectivity index (χ3n) is 10.4. The molecule has 82 heavy (non-hydrogen) atoms. The van der Waals surface area contributed by atoms with Crippen molar-refractivity contribution in [2.75, 3.05) is 35.5 Å². The van der Waals surface area contributed by atoms with Crippen molar-refractivity contribution >= 4 is 88.9 Å². The lowest BCUT2D eigenvalue weighted by Crippen LogP contribution is -2.36. The molecule has 0 bridgehead atoms. The second-order valence-corrected chi connectivity index (χ2v) is 21.7. The van der Waals surface area contributed by atoms with Crippen LogP contribution in [0.3, 0.4) is 0 Å². The van der Waals surface area contributed by atoms with Crippen molar-refractivity contribution in [1.29, 1.82) is 0 Å². The number of rotatable bonds is 18. The Morgan fingerprint density at radius 3 is 1.72 bits per heavy atom. The maximum atomic E-state index is 14.4. The lowest BCUT2D eigenvalue weighted by Gasteiger charge is -2.19. The predicted octanol–water partition coefficient (Wildman–Crippen LogP) is 5.70. The van der Waals surface area contributed by atoms with Crippen LogP contribution in [0.25, 0.3) is 0 Å². The van der Waals surface area contributed by atoms with Crippen LogP contribution in [0.15, 0.2) is 92.8 Å². The number of nitrogens with one attached hydrogen (secondary N) is 4. The number of amides is 6. The molecule has 5 aromatic rings. The van der Waals surface area contributed by atoms with E-state index in [1.165, 1.54) is 56.2 Å². The average molecular weight is 1230 g/mol. The largest absolute Gasteiger partial charge is 0.481 e. The zero-order chi connectivity index (χ0) is 60.9. The Balaban J connectivity index is 0.000000227. The molecule has 6 amide bonds. The smallest absolute Gasteiger partial charge is 0.388 e. The van der Waals surface area contributed by atoms with E-state index in [0.717, 1.165) is 48.2 Å². The molecule has 1 atom stereocenters. The third kappa shape index (κ3) is 16.5. The fraction of sp³-hybridized carbons (Fsp3) is 0.261. The Morgan fingerprint density at radius 1 is 0.744 bits per heavy atom. The third-order valence-corrected chi connectivity index (χ3v) is 15.2. The number of terminal acetylenes is 1. The molecule has 0 spiro atoms. The number of carboxylic acid groups (broad SMARTS) is 1. The molecule has 1 unspecified atom stereocenters. The quantitative estimate of drug-likeness (QED) is 0.0399. The number of urea groups is 2. The van der Waals surface area contributed by atoms with Gasteiger partial charge in [0.2, 0.25) is 35.4 Å². The van der Waals surface area contributed by atoms with Gasteiger partial charge in [0.1, 0.15) is 21.4 Å². The zero-order valence-electron chi connectivity index (χ0n) is 42.4. The lowest BCUT2D eigenvalue weighted by atomic mass is 9.93. The number of pyridine rings is 1. The molecule has 3 aromatic heterocycles. The molecule has 27 nitrogen and oxygen atoms in total. The molecule has 438 valence electrons. The fourth-order valence-corrected chi connectivity index (χ4v) is 10.7. The molecule has 36 heteroatoms. The van der Waals surface area contributed by atoms with Crippen LogP contribution in [0.2, 0.25) is 5.02 Å². The summed E-state index contributed by atoms with van der Waals surface area (Å²) in [6, 6.07) is 7.97. The number of sulfonamides is 2. The van der Waals surface area contributed by atoms with Gasteiger partial charge in [-0.3, -0.25) is 20.2 Å². The number of aromatic carboxylic acids is 1. The van der Waals surface area contributed by atoms with Gasteiger partial charge in [0.25, 0.3) is 31.9 Å². The predicted molar refractivity (Wildman–Crippen MR) is 273 cm³/mol. The summed E-state index contributed by atoms with van der Waals surface area (Å²) < 4.78 is 164. The van der Waals surface area contributed by atoms with E-state index in [1.807, 2.05) is 0 Å². The molecule has 5 N–H and O–H groups in total. The minimum atomic E-state index is -4.71. The van der Waals surface area contributed by atoms with Crippen LogP contribution in [-0.2, 0) is 39.5 Å². The number of alkyl halides is 4. The van der Waals surface area contributed by atoms with Crippen LogP contribution in [0, 0.1) is 18.2 Å². The Bertz CT molecular complexity index is 3630. The van der Waals surface area contributed by atoms with Gasteiger partial charge >= 0.3 is 31.3 Å². The van der Waals surface area contributed by atoms with Crippen LogP contribution in [0.4, 0.5) is 49.1 Å². The van der Waals surface area contributed by atoms with E-state index in [1.54, 1.807) is 17.0 Å². The number of carbonyl (C=O) groups is 5. The van der Waals surface area contributed by atoms with Crippen LogP contribution in [0.1, 0.15) is 49.9 Å². The average Bonchev–Trinajstić information content (AvgIpc) is 3.94. The van der Waals surface area contributed by atoms with E-state index < -0.39 is 123 Å². The molecule has 0 saturated heterocycles. The summed E-state index contributed by atoms with van der Waals surface area (Å²) in [5.74, 6) is -4.17. The van der Waals surface area contributed by atoms with Crippen molar-refractivity contribution < 1.29 is 100.0 Å². The summed E-state index contributed by atoms with van der Waals surface area (Å²) in [5, 5.41) is 12.1. The van der Waals surface area contributed by atoms with Gasteiger partial charge in [0.05, 0.1) is 48.4 Å². The molecule has 0 saturated carbocycles. The summed E-state index contributed by atoms with van der Waals surface area (Å²) in [5.41, 5.74) is 0.164. The molecular formula is C46H42ClF5N10O17S3. The van der Waals surface area contributed by atoms with E-state index in [2.05, 4.69) is 45.6 Å². The van der Waals surface area contributed by atoms with Crippen molar-refractivity contribution in [1.82, 2.24) is 34.4 Å². The topological polar surface area (TPSA) is 370 Å². The van der Waals surface area contributed by atoms with Crippen LogP contribution >= 0.6 is 11.6 Å². The first-order valence-electron chi connectivity index (χ1n) is 22.7. The monoisotopic (exact) mass is 1230 g/mol. The summed E-state index contributed by atoms with van der Waals surface area (Å²) in [7, 11) is -10.6. The highest BCUT2D eigenvalue weighted by atomic mass is 35.5. The van der Waals surface area contributed by atoms with E-state index in [9.17, 15) is 71.2 Å². The number of halogens is 6. The molecule has 4 heterocycles. The van der Waals surface area contributed by atoms with Crippen LogP contribution in [0.5, 0.6) is 29.3 Å². The molecule has 0 radical (unpaired) electrons. The Hall–Kier alpha value is -9.01. The summed E-state index contributed by atoms with van der Waals surface area (Å²) in [6.07, 6.45) is 8.56. The number of nitrogens with zero attached hydrogens (tertiary/aromatic N) is 6. The number of imide groups is 1. The molecule has 2 aromatic carbocycles. The molecule has 7 rings (SSSR count). The zero-order valence-corrected chi connectivity index (χ0v) is 45.6. The second kappa shape index (κ2) is 27.4. The molecule has 2 aliphatic rings. The van der Waals surface area contributed by atoms with Crippen molar-refractivity contribution in [3.63, 3.8) is 0 Å².